The molecular formula is C9H12N2O2S. The zero-order valence-corrected chi connectivity index (χ0v) is 8.98. The highest BCUT2D eigenvalue weighted by atomic mass is 32.1. The van der Waals surface area contributed by atoms with Crippen molar-refractivity contribution in [3.8, 4) is 0 Å². The van der Waals surface area contributed by atoms with Crippen LogP contribution in [-0.2, 0) is 4.74 Å². The van der Waals surface area contributed by atoms with Crippen LogP contribution in [0.25, 0.3) is 0 Å². The Hall–Kier alpha value is -0.940. The third kappa shape index (κ3) is 1.78. The summed E-state index contributed by atoms with van der Waals surface area (Å²) in [6.07, 6.45) is 0. The molecule has 0 unspecified atom stereocenters. The van der Waals surface area contributed by atoms with Crippen molar-refractivity contribution >= 4 is 17.2 Å². The highest BCUT2D eigenvalue weighted by Gasteiger charge is 2.22. The standard InChI is InChI=1S/C9H12N2O2S/c1-5-6(2)14-9(10-5)8(12)11-7-3-13-4-7/h7H,3-4H2,1-2H3,(H,11,12). The van der Waals surface area contributed by atoms with Gasteiger partial charge in [-0.05, 0) is 13.8 Å². The van der Waals surface area contributed by atoms with E-state index >= 15 is 0 Å². The number of amides is 1. The molecule has 5 heteroatoms. The largest absolute Gasteiger partial charge is 0.377 e. The van der Waals surface area contributed by atoms with Crippen LogP contribution in [0.4, 0.5) is 0 Å². The summed E-state index contributed by atoms with van der Waals surface area (Å²) in [5, 5.41) is 3.41. The van der Waals surface area contributed by atoms with Gasteiger partial charge >= 0.3 is 0 Å². The maximum Gasteiger partial charge on any atom is 0.280 e. The lowest BCUT2D eigenvalue weighted by atomic mass is 10.2. The lowest BCUT2D eigenvalue weighted by Gasteiger charge is -2.26. The normalized spacial score (nSPS) is 16.4. The molecule has 1 aliphatic heterocycles. The first-order valence-corrected chi connectivity index (χ1v) is 5.31. The Morgan fingerprint density at radius 1 is 1.57 bits per heavy atom. The summed E-state index contributed by atoms with van der Waals surface area (Å²) in [6, 6.07) is 0.173. The molecule has 0 bridgehead atoms. The highest BCUT2D eigenvalue weighted by Crippen LogP contribution is 2.16. The SMILES string of the molecule is Cc1nc(C(=O)NC2COC2)sc1C. The molecule has 1 aromatic rings. The Kier molecular flexibility index (Phi) is 2.52. The highest BCUT2D eigenvalue weighted by molar-refractivity contribution is 7.13. The van der Waals surface area contributed by atoms with Gasteiger partial charge < -0.3 is 10.1 Å². The number of rotatable bonds is 2. The average molecular weight is 212 g/mol. The quantitative estimate of drug-likeness (QED) is 0.792. The molecule has 0 radical (unpaired) electrons. The van der Waals surface area contributed by atoms with Crippen molar-refractivity contribution in [1.82, 2.24) is 10.3 Å². The molecule has 1 N–H and O–H groups in total. The number of nitrogens with one attached hydrogen (secondary N) is 1. The van der Waals surface area contributed by atoms with Gasteiger partial charge in [-0.3, -0.25) is 4.79 Å². The van der Waals surface area contributed by atoms with Crippen molar-refractivity contribution in [3.63, 3.8) is 0 Å². The van der Waals surface area contributed by atoms with Crippen LogP contribution in [0.15, 0.2) is 0 Å². The summed E-state index contributed by atoms with van der Waals surface area (Å²) < 4.78 is 4.97. The zero-order valence-electron chi connectivity index (χ0n) is 8.16. The second-order valence-corrected chi connectivity index (χ2v) is 4.57. The third-order valence-corrected chi connectivity index (χ3v) is 3.27. The van der Waals surface area contributed by atoms with E-state index in [2.05, 4.69) is 10.3 Å². The number of nitrogens with zero attached hydrogens (tertiary/aromatic N) is 1. The minimum absolute atomic E-state index is 0.0838. The Labute approximate surface area is 86.3 Å². The number of hydrogen-bond donors (Lipinski definition) is 1. The molecule has 0 spiro atoms. The summed E-state index contributed by atoms with van der Waals surface area (Å²) in [5.74, 6) is -0.0838. The first-order valence-electron chi connectivity index (χ1n) is 4.49. The smallest absolute Gasteiger partial charge is 0.280 e. The maximum atomic E-state index is 11.6. The number of aryl methyl sites for hydroxylation is 2. The Balaban J connectivity index is 2.02. The molecule has 4 nitrogen and oxygen atoms in total. The zero-order chi connectivity index (χ0) is 10.1. The van der Waals surface area contributed by atoms with Gasteiger partial charge in [0.2, 0.25) is 0 Å². The second-order valence-electron chi connectivity index (χ2n) is 3.37. The van der Waals surface area contributed by atoms with Gasteiger partial charge in [0.15, 0.2) is 5.01 Å². The van der Waals surface area contributed by atoms with Crippen LogP contribution < -0.4 is 5.32 Å². The fourth-order valence-corrected chi connectivity index (χ4v) is 1.95. The van der Waals surface area contributed by atoms with E-state index in [0.29, 0.717) is 18.2 Å². The van der Waals surface area contributed by atoms with E-state index in [0.717, 1.165) is 10.6 Å². The molecule has 1 amide bonds. The molecule has 1 aliphatic rings. The van der Waals surface area contributed by atoms with Crippen LogP contribution in [0.1, 0.15) is 20.4 Å². The van der Waals surface area contributed by atoms with Gasteiger partial charge in [-0.25, -0.2) is 4.98 Å². The molecule has 0 aromatic carbocycles. The lowest BCUT2D eigenvalue weighted by molar-refractivity contribution is -0.00346. The van der Waals surface area contributed by atoms with E-state index in [1.54, 1.807) is 0 Å². The first-order chi connectivity index (χ1) is 6.66. The van der Waals surface area contributed by atoms with Gasteiger partial charge in [-0.2, -0.15) is 0 Å². The third-order valence-electron chi connectivity index (χ3n) is 2.20. The summed E-state index contributed by atoms with van der Waals surface area (Å²) in [4.78, 5) is 16.9. The summed E-state index contributed by atoms with van der Waals surface area (Å²) in [5.41, 5.74) is 0.935. The Morgan fingerprint density at radius 2 is 2.29 bits per heavy atom. The number of hydrogen-bond acceptors (Lipinski definition) is 4. The fraction of sp³-hybridized carbons (Fsp3) is 0.556. The van der Waals surface area contributed by atoms with Crippen LogP contribution in [0.3, 0.4) is 0 Å². The van der Waals surface area contributed by atoms with Crippen molar-refractivity contribution in [3.05, 3.63) is 15.6 Å². The van der Waals surface area contributed by atoms with Gasteiger partial charge in [-0.1, -0.05) is 0 Å². The number of aromatic nitrogens is 1. The van der Waals surface area contributed by atoms with Gasteiger partial charge in [-0.15, -0.1) is 11.3 Å². The van der Waals surface area contributed by atoms with E-state index in [4.69, 9.17) is 4.74 Å². The van der Waals surface area contributed by atoms with Crippen LogP contribution >= 0.6 is 11.3 Å². The molecule has 2 heterocycles. The maximum absolute atomic E-state index is 11.6. The molecule has 2 rings (SSSR count). The van der Waals surface area contributed by atoms with Crippen LogP contribution in [0, 0.1) is 13.8 Å². The lowest BCUT2D eigenvalue weighted by Crippen LogP contribution is -2.48. The summed E-state index contributed by atoms with van der Waals surface area (Å²) in [6.45, 7) is 5.12. The molecule has 1 fully saturated rings. The molecule has 0 saturated carbocycles. The average Bonchev–Trinajstić information content (AvgIpc) is 2.40. The number of thiazole rings is 1. The molecule has 1 saturated heterocycles. The Morgan fingerprint density at radius 3 is 2.71 bits per heavy atom. The predicted molar refractivity (Wildman–Crippen MR) is 53.7 cm³/mol. The molecule has 76 valence electrons. The van der Waals surface area contributed by atoms with Gasteiger partial charge in [0, 0.05) is 4.88 Å². The van der Waals surface area contributed by atoms with Crippen LogP contribution in [-0.4, -0.2) is 30.1 Å². The fourth-order valence-electron chi connectivity index (χ4n) is 1.14. The second kappa shape index (κ2) is 3.67. The molecule has 0 aliphatic carbocycles. The van der Waals surface area contributed by atoms with E-state index in [-0.39, 0.29) is 11.9 Å². The molecule has 1 aromatic heterocycles. The predicted octanol–water partition coefficient (Wildman–Crippen LogP) is 0.889. The van der Waals surface area contributed by atoms with Crippen LogP contribution in [0.5, 0.6) is 0 Å². The minimum atomic E-state index is -0.0838. The number of carbonyl (C=O) groups excluding carboxylic acids is 1. The van der Waals surface area contributed by atoms with Gasteiger partial charge in [0.05, 0.1) is 24.9 Å². The van der Waals surface area contributed by atoms with E-state index in [9.17, 15) is 4.79 Å². The molecular weight excluding hydrogens is 200 g/mol. The summed E-state index contributed by atoms with van der Waals surface area (Å²) >= 11 is 1.44. The number of ether oxygens (including phenoxy) is 1. The topological polar surface area (TPSA) is 51.2 Å². The number of carbonyl (C=O) groups is 1. The van der Waals surface area contributed by atoms with Crippen molar-refractivity contribution in [2.24, 2.45) is 0 Å². The molecule has 14 heavy (non-hydrogen) atoms. The van der Waals surface area contributed by atoms with E-state index < -0.39 is 0 Å². The van der Waals surface area contributed by atoms with Crippen LogP contribution in [0.2, 0.25) is 0 Å². The van der Waals surface area contributed by atoms with Crippen molar-refractivity contribution < 1.29 is 9.53 Å². The van der Waals surface area contributed by atoms with E-state index in [1.807, 2.05) is 13.8 Å². The van der Waals surface area contributed by atoms with Gasteiger partial charge in [0.25, 0.3) is 5.91 Å². The first kappa shape index (κ1) is 9.61. The van der Waals surface area contributed by atoms with E-state index in [1.165, 1.54) is 11.3 Å². The van der Waals surface area contributed by atoms with Crippen molar-refractivity contribution in [2.45, 2.75) is 19.9 Å². The van der Waals surface area contributed by atoms with Gasteiger partial charge in [0.1, 0.15) is 0 Å². The summed E-state index contributed by atoms with van der Waals surface area (Å²) in [7, 11) is 0. The minimum Gasteiger partial charge on any atom is -0.377 e. The van der Waals surface area contributed by atoms with Crippen molar-refractivity contribution in [2.75, 3.05) is 13.2 Å². The molecule has 0 atom stereocenters. The van der Waals surface area contributed by atoms with Crippen molar-refractivity contribution in [1.29, 1.82) is 0 Å². The Bertz CT molecular complexity index is 338. The monoisotopic (exact) mass is 212 g/mol.